The number of nitrogens with one attached hydrogen (secondary N) is 1. The van der Waals surface area contributed by atoms with Crippen LogP contribution >= 0.6 is 0 Å². The van der Waals surface area contributed by atoms with Crippen LogP contribution in [0.1, 0.15) is 40.5 Å². The molecule has 0 aromatic carbocycles. The molecule has 0 radical (unpaired) electrons. The van der Waals surface area contributed by atoms with Gasteiger partial charge in [0.1, 0.15) is 6.04 Å². The predicted octanol–water partition coefficient (Wildman–Crippen LogP) is -0.444. The molecule has 2 atom stereocenters. The Morgan fingerprint density at radius 1 is 1.30 bits per heavy atom. The first-order valence-electron chi connectivity index (χ1n) is 6.55. The van der Waals surface area contributed by atoms with Gasteiger partial charge >= 0.3 is 11.9 Å². The number of aliphatic carboxylic acids is 1. The second-order valence-electron chi connectivity index (χ2n) is 6.01. The van der Waals surface area contributed by atoms with Crippen molar-refractivity contribution in [3.05, 3.63) is 0 Å². The van der Waals surface area contributed by atoms with Gasteiger partial charge in [-0.15, -0.1) is 0 Å². The molecule has 0 saturated carbocycles. The number of ether oxygens (including phenoxy) is 1. The van der Waals surface area contributed by atoms with Crippen LogP contribution in [-0.4, -0.2) is 41.6 Å². The van der Waals surface area contributed by atoms with Crippen molar-refractivity contribution in [2.75, 3.05) is 6.61 Å². The molecule has 1 amide bonds. The van der Waals surface area contributed by atoms with Gasteiger partial charge in [0.2, 0.25) is 5.91 Å². The van der Waals surface area contributed by atoms with Crippen molar-refractivity contribution >= 4 is 17.8 Å². The lowest BCUT2D eigenvalue weighted by Crippen LogP contribution is -2.66. The third kappa shape index (κ3) is 8.47. The van der Waals surface area contributed by atoms with E-state index < -0.39 is 29.9 Å². The molecule has 0 rings (SSSR count). The highest BCUT2D eigenvalue weighted by Gasteiger charge is 2.23. The third-order valence-corrected chi connectivity index (χ3v) is 2.61. The van der Waals surface area contributed by atoms with Crippen molar-refractivity contribution in [3.8, 4) is 0 Å². The zero-order chi connectivity index (χ0) is 15.9. The Kier molecular flexibility index (Phi) is 7.20. The molecule has 0 spiro atoms. The van der Waals surface area contributed by atoms with Gasteiger partial charge in [-0.3, -0.25) is 4.79 Å². The topological polar surface area (TPSA) is 120 Å². The lowest BCUT2D eigenvalue weighted by Gasteiger charge is -2.19. The van der Waals surface area contributed by atoms with E-state index in [0.717, 1.165) is 6.42 Å². The molecule has 7 nitrogen and oxygen atoms in total. The molecule has 7 heteroatoms. The number of hydrogen-bond donors (Lipinski definition) is 3. The third-order valence-electron chi connectivity index (χ3n) is 2.61. The largest absolute Gasteiger partial charge is 0.477 e. The Morgan fingerprint density at radius 3 is 2.30 bits per heavy atom. The number of carbonyl (C=O) groups is 3. The molecule has 0 heterocycles. The van der Waals surface area contributed by atoms with Crippen molar-refractivity contribution in [1.29, 1.82) is 0 Å². The van der Waals surface area contributed by atoms with Crippen LogP contribution in [-0.2, 0) is 19.1 Å². The fraction of sp³-hybridized carbons (Fsp3) is 0.769. The lowest BCUT2D eigenvalue weighted by molar-refractivity contribution is -0.406. The number of carbonyl (C=O) groups excluding carboxylic acids is 2. The molecular formula is C13H25N2O5+. The summed E-state index contributed by atoms with van der Waals surface area (Å²) in [5.74, 6) is -2.22. The van der Waals surface area contributed by atoms with Crippen LogP contribution in [0.25, 0.3) is 0 Å². The molecule has 0 bridgehead atoms. The molecule has 2 unspecified atom stereocenters. The van der Waals surface area contributed by atoms with Gasteiger partial charge in [0.05, 0.1) is 13.0 Å². The van der Waals surface area contributed by atoms with Crippen LogP contribution in [0, 0.1) is 5.41 Å². The second-order valence-corrected chi connectivity index (χ2v) is 6.01. The average molecular weight is 289 g/mol. The minimum atomic E-state index is -1.15. The Hall–Kier alpha value is -1.63. The fourth-order valence-electron chi connectivity index (χ4n) is 1.25. The van der Waals surface area contributed by atoms with Gasteiger partial charge < -0.3 is 20.9 Å². The Morgan fingerprint density at radius 2 is 1.85 bits per heavy atom. The van der Waals surface area contributed by atoms with Gasteiger partial charge in [0.25, 0.3) is 0 Å². The van der Waals surface area contributed by atoms with Gasteiger partial charge in [0.15, 0.2) is 6.04 Å². The molecule has 0 aliphatic rings. The first-order valence-corrected chi connectivity index (χ1v) is 6.55. The highest BCUT2D eigenvalue weighted by molar-refractivity contribution is 5.87. The number of carboxylic acids is 1. The first-order chi connectivity index (χ1) is 9.03. The Balaban J connectivity index is 4.07. The van der Waals surface area contributed by atoms with E-state index in [0.29, 0.717) is 0 Å². The van der Waals surface area contributed by atoms with Crippen molar-refractivity contribution in [1.82, 2.24) is 5.32 Å². The van der Waals surface area contributed by atoms with Crippen molar-refractivity contribution in [2.24, 2.45) is 5.41 Å². The fourth-order valence-corrected chi connectivity index (χ4v) is 1.25. The molecule has 0 aliphatic carbocycles. The van der Waals surface area contributed by atoms with E-state index in [1.165, 1.54) is 6.92 Å². The number of esters is 1. The first kappa shape index (κ1) is 18.4. The molecule has 5 N–H and O–H groups in total. The normalized spacial score (nSPS) is 14.2. The van der Waals surface area contributed by atoms with Crippen molar-refractivity contribution < 1.29 is 30.0 Å². The Bertz CT molecular complexity index is 362. The van der Waals surface area contributed by atoms with Gasteiger partial charge in [0, 0.05) is 0 Å². The minimum absolute atomic E-state index is 0.0648. The number of rotatable bonds is 7. The van der Waals surface area contributed by atoms with E-state index in [9.17, 15) is 14.4 Å². The summed E-state index contributed by atoms with van der Waals surface area (Å²) in [6.45, 7) is 7.89. The van der Waals surface area contributed by atoms with Gasteiger partial charge in [-0.2, -0.15) is 0 Å². The van der Waals surface area contributed by atoms with E-state index in [-0.39, 0.29) is 18.4 Å². The second kappa shape index (κ2) is 7.84. The molecule has 0 aromatic rings. The smallest absolute Gasteiger partial charge is 0.362 e. The standard InChI is InChI=1S/C13H24N2O5/c1-8(12(19)20-6-5-13(2,3)4)15-10(16)7-9(14)11(17)18/h8-9H,5-7,14H2,1-4H3,(H,15,16)(H,17,18)/p+1. The molecule has 0 aliphatic heterocycles. The molecular weight excluding hydrogens is 264 g/mol. The van der Waals surface area contributed by atoms with Crippen LogP contribution in [0.15, 0.2) is 0 Å². The zero-order valence-corrected chi connectivity index (χ0v) is 12.6. The van der Waals surface area contributed by atoms with Crippen molar-refractivity contribution in [2.45, 2.75) is 52.6 Å². The van der Waals surface area contributed by atoms with E-state index in [1.807, 2.05) is 20.8 Å². The van der Waals surface area contributed by atoms with Crippen LogP contribution in [0.3, 0.4) is 0 Å². The van der Waals surface area contributed by atoms with Crippen LogP contribution < -0.4 is 11.1 Å². The number of amides is 1. The molecule has 0 saturated heterocycles. The summed E-state index contributed by atoms with van der Waals surface area (Å²) in [6.07, 6.45) is 0.453. The maximum atomic E-state index is 11.6. The van der Waals surface area contributed by atoms with Crippen LogP contribution in [0.2, 0.25) is 0 Å². The summed E-state index contributed by atoms with van der Waals surface area (Å²) in [6, 6.07) is -1.83. The highest BCUT2D eigenvalue weighted by atomic mass is 16.5. The van der Waals surface area contributed by atoms with Gasteiger partial charge in [-0.05, 0) is 18.8 Å². The zero-order valence-electron chi connectivity index (χ0n) is 12.6. The van der Waals surface area contributed by atoms with Crippen LogP contribution in [0.5, 0.6) is 0 Å². The summed E-state index contributed by atoms with van der Waals surface area (Å²) < 4.78 is 5.05. The molecule has 116 valence electrons. The summed E-state index contributed by atoms with van der Waals surface area (Å²) in [7, 11) is 0. The number of carboxylic acid groups (broad SMARTS) is 1. The van der Waals surface area contributed by atoms with E-state index in [1.54, 1.807) is 0 Å². The molecule has 0 aromatic heterocycles. The quantitative estimate of drug-likeness (QED) is 0.548. The van der Waals surface area contributed by atoms with Crippen LogP contribution in [0.4, 0.5) is 0 Å². The SMILES string of the molecule is CC(NC(=O)CC([NH3+])C(=O)O)C(=O)OCCC(C)(C)C. The van der Waals surface area contributed by atoms with E-state index >= 15 is 0 Å². The molecule has 20 heavy (non-hydrogen) atoms. The van der Waals surface area contributed by atoms with E-state index in [2.05, 4.69) is 11.1 Å². The maximum Gasteiger partial charge on any atom is 0.362 e. The number of quaternary nitrogens is 1. The maximum absolute atomic E-state index is 11.6. The van der Waals surface area contributed by atoms with Crippen molar-refractivity contribution in [3.63, 3.8) is 0 Å². The predicted molar refractivity (Wildman–Crippen MR) is 71.6 cm³/mol. The lowest BCUT2D eigenvalue weighted by atomic mass is 9.93. The summed E-state index contributed by atoms with van der Waals surface area (Å²) in [4.78, 5) is 33.7. The molecule has 0 fully saturated rings. The number of hydrogen-bond acceptors (Lipinski definition) is 4. The van der Waals surface area contributed by atoms with Gasteiger partial charge in [-0.1, -0.05) is 20.8 Å². The monoisotopic (exact) mass is 289 g/mol. The average Bonchev–Trinajstić information content (AvgIpc) is 2.26. The summed E-state index contributed by atoms with van der Waals surface area (Å²) in [5, 5.41) is 11.0. The highest BCUT2D eigenvalue weighted by Crippen LogP contribution is 2.17. The summed E-state index contributed by atoms with van der Waals surface area (Å²) >= 11 is 0. The van der Waals surface area contributed by atoms with Gasteiger partial charge in [-0.25, -0.2) is 9.59 Å². The Labute approximate surface area is 118 Å². The van der Waals surface area contributed by atoms with E-state index in [4.69, 9.17) is 9.84 Å². The minimum Gasteiger partial charge on any atom is -0.477 e. The summed E-state index contributed by atoms with van der Waals surface area (Å²) in [5.41, 5.74) is 3.39.